The molecule has 1 saturated heterocycles. The molecule has 1 aromatic carbocycles. The molecule has 0 aliphatic carbocycles. The quantitative estimate of drug-likeness (QED) is 0.686. The van der Waals surface area contributed by atoms with Crippen LogP contribution in [0.2, 0.25) is 0 Å². The molecule has 0 N–H and O–H groups in total. The number of fused-ring (bicyclic) bond motifs is 1. The van der Waals surface area contributed by atoms with Gasteiger partial charge in [0.25, 0.3) is 0 Å². The molecule has 2 heterocycles. The molecule has 1 fully saturated rings. The Bertz CT molecular complexity index is 790. The lowest BCUT2D eigenvalue weighted by atomic mass is 9.94. The van der Waals surface area contributed by atoms with E-state index in [1.807, 2.05) is 31.2 Å². The number of allylic oxidation sites excluding steroid dienone is 1. The van der Waals surface area contributed by atoms with Crippen LogP contribution < -0.4 is 0 Å². The summed E-state index contributed by atoms with van der Waals surface area (Å²) in [5.41, 5.74) is 1.89. The highest BCUT2D eigenvalue weighted by Gasteiger charge is 2.47. The standard InChI is InChI=1S/C18H19BrN2O3S/c1-4-13-16(22)21-15(11-7-6-8-12(19)9-11)14(17(23)24-5-2)10(3)20-18(21)25-13/h6-9,13,15H,4-5H2,1-3H3/t13-,15-/m1/s1. The minimum absolute atomic E-state index is 0.00877. The Morgan fingerprint density at radius 3 is 2.80 bits per heavy atom. The highest BCUT2D eigenvalue weighted by Crippen LogP contribution is 2.44. The van der Waals surface area contributed by atoms with Gasteiger partial charge in [-0.15, -0.1) is 0 Å². The van der Waals surface area contributed by atoms with E-state index in [9.17, 15) is 9.59 Å². The Balaban J connectivity index is 2.15. The summed E-state index contributed by atoms with van der Waals surface area (Å²) >= 11 is 4.94. The molecule has 25 heavy (non-hydrogen) atoms. The fourth-order valence-corrected chi connectivity index (χ4v) is 4.60. The van der Waals surface area contributed by atoms with E-state index in [0.717, 1.165) is 16.5 Å². The summed E-state index contributed by atoms with van der Waals surface area (Å²) in [6.07, 6.45) is 0.720. The average Bonchev–Trinajstić information content (AvgIpc) is 2.89. The Hall–Kier alpha value is -1.60. The number of carbonyl (C=O) groups is 2. The number of amides is 1. The number of aliphatic imine (C=N–C) groups is 1. The van der Waals surface area contributed by atoms with Crippen LogP contribution in [0.25, 0.3) is 0 Å². The Kier molecular flexibility index (Phi) is 5.34. The molecule has 0 bridgehead atoms. The normalized spacial score (nSPS) is 22.8. The zero-order valence-electron chi connectivity index (χ0n) is 14.3. The van der Waals surface area contributed by atoms with Gasteiger partial charge in [-0.2, -0.15) is 0 Å². The van der Waals surface area contributed by atoms with Crippen LogP contribution in [-0.4, -0.2) is 33.8 Å². The number of thioether (sulfide) groups is 1. The van der Waals surface area contributed by atoms with Crippen molar-refractivity contribution in [1.29, 1.82) is 0 Å². The van der Waals surface area contributed by atoms with Crippen LogP contribution >= 0.6 is 27.7 Å². The summed E-state index contributed by atoms with van der Waals surface area (Å²) in [6.45, 7) is 5.82. The maximum atomic E-state index is 12.9. The number of hydrogen-bond acceptors (Lipinski definition) is 5. The molecule has 2 aliphatic rings. The first-order chi connectivity index (χ1) is 12.0. The second kappa shape index (κ2) is 7.33. The molecule has 0 unspecified atom stereocenters. The number of amidine groups is 1. The van der Waals surface area contributed by atoms with Crippen molar-refractivity contribution in [2.24, 2.45) is 4.99 Å². The molecule has 0 spiro atoms. The molecular formula is C18H19BrN2O3S. The van der Waals surface area contributed by atoms with E-state index in [0.29, 0.717) is 16.4 Å². The summed E-state index contributed by atoms with van der Waals surface area (Å²) < 4.78 is 6.14. The van der Waals surface area contributed by atoms with Crippen LogP contribution in [0, 0.1) is 0 Å². The molecule has 2 atom stereocenters. The van der Waals surface area contributed by atoms with E-state index in [4.69, 9.17) is 4.74 Å². The fraction of sp³-hybridized carbons (Fsp3) is 0.389. The highest BCUT2D eigenvalue weighted by molar-refractivity contribution is 9.10. The molecule has 132 valence electrons. The van der Waals surface area contributed by atoms with Gasteiger partial charge in [-0.25, -0.2) is 9.79 Å². The van der Waals surface area contributed by atoms with Crippen molar-refractivity contribution >= 4 is 44.7 Å². The van der Waals surface area contributed by atoms with E-state index in [1.165, 1.54) is 11.8 Å². The number of nitrogens with zero attached hydrogens (tertiary/aromatic N) is 2. The molecule has 0 radical (unpaired) electrons. The second-order valence-corrected chi connectivity index (χ2v) is 7.88. The van der Waals surface area contributed by atoms with Gasteiger partial charge in [-0.3, -0.25) is 9.69 Å². The first kappa shape index (κ1) is 18.2. The second-order valence-electron chi connectivity index (χ2n) is 5.79. The minimum atomic E-state index is -0.513. The summed E-state index contributed by atoms with van der Waals surface area (Å²) in [5.74, 6) is -0.434. The fourth-order valence-electron chi connectivity index (χ4n) is 3.05. The van der Waals surface area contributed by atoms with Crippen molar-refractivity contribution in [2.75, 3.05) is 6.61 Å². The van der Waals surface area contributed by atoms with E-state index < -0.39 is 12.0 Å². The average molecular weight is 423 g/mol. The molecule has 0 aromatic heterocycles. The Labute approximate surface area is 159 Å². The third-order valence-electron chi connectivity index (χ3n) is 4.18. The number of carbonyl (C=O) groups excluding carboxylic acids is 2. The molecule has 1 amide bonds. The largest absolute Gasteiger partial charge is 0.463 e. The number of rotatable bonds is 4. The highest BCUT2D eigenvalue weighted by atomic mass is 79.9. The van der Waals surface area contributed by atoms with Crippen molar-refractivity contribution in [1.82, 2.24) is 4.90 Å². The number of benzene rings is 1. The lowest BCUT2D eigenvalue weighted by Gasteiger charge is -2.33. The summed E-state index contributed by atoms with van der Waals surface area (Å²) in [4.78, 5) is 31.7. The van der Waals surface area contributed by atoms with Crippen LogP contribution in [-0.2, 0) is 14.3 Å². The smallest absolute Gasteiger partial charge is 0.338 e. The predicted octanol–water partition coefficient (Wildman–Crippen LogP) is 4.05. The Morgan fingerprint density at radius 1 is 1.40 bits per heavy atom. The SMILES string of the molecule is CCOC(=O)C1=C(C)N=C2S[C@H](CC)C(=O)N2[C@@H]1c1cccc(Br)c1. The molecule has 7 heteroatoms. The van der Waals surface area contributed by atoms with Gasteiger partial charge in [-0.05, 0) is 38.0 Å². The molecule has 2 aliphatic heterocycles. The minimum Gasteiger partial charge on any atom is -0.463 e. The van der Waals surface area contributed by atoms with Crippen molar-refractivity contribution < 1.29 is 14.3 Å². The molecular weight excluding hydrogens is 404 g/mol. The maximum Gasteiger partial charge on any atom is 0.338 e. The third kappa shape index (κ3) is 3.27. The monoisotopic (exact) mass is 422 g/mol. The topological polar surface area (TPSA) is 59.0 Å². The van der Waals surface area contributed by atoms with E-state index in [2.05, 4.69) is 20.9 Å². The lowest BCUT2D eigenvalue weighted by molar-refractivity contribution is -0.139. The summed E-state index contributed by atoms with van der Waals surface area (Å²) in [6, 6.07) is 7.14. The van der Waals surface area contributed by atoms with Crippen molar-refractivity contribution in [3.05, 3.63) is 45.6 Å². The van der Waals surface area contributed by atoms with Gasteiger partial charge in [0.05, 0.1) is 29.2 Å². The van der Waals surface area contributed by atoms with Gasteiger partial charge in [0.15, 0.2) is 5.17 Å². The van der Waals surface area contributed by atoms with Crippen LogP contribution in [0.1, 0.15) is 38.8 Å². The number of ether oxygens (including phenoxy) is 1. The van der Waals surface area contributed by atoms with Gasteiger partial charge >= 0.3 is 5.97 Å². The molecule has 5 nitrogen and oxygen atoms in total. The van der Waals surface area contributed by atoms with E-state index >= 15 is 0 Å². The lowest BCUT2D eigenvalue weighted by Crippen LogP contribution is -2.40. The number of esters is 1. The van der Waals surface area contributed by atoms with Crippen LogP contribution in [0.15, 0.2) is 45.0 Å². The first-order valence-electron chi connectivity index (χ1n) is 8.19. The van der Waals surface area contributed by atoms with Crippen LogP contribution in [0.3, 0.4) is 0 Å². The number of halogens is 1. The Morgan fingerprint density at radius 2 is 2.16 bits per heavy atom. The third-order valence-corrected chi connectivity index (χ3v) is 5.99. The zero-order valence-corrected chi connectivity index (χ0v) is 16.7. The molecule has 1 aromatic rings. The van der Waals surface area contributed by atoms with Crippen molar-refractivity contribution in [3.63, 3.8) is 0 Å². The maximum absolute atomic E-state index is 12.9. The van der Waals surface area contributed by atoms with Crippen LogP contribution in [0.5, 0.6) is 0 Å². The predicted molar refractivity (Wildman–Crippen MR) is 102 cm³/mol. The first-order valence-corrected chi connectivity index (χ1v) is 9.86. The molecule has 0 saturated carbocycles. The van der Waals surface area contributed by atoms with Crippen LogP contribution in [0.4, 0.5) is 0 Å². The van der Waals surface area contributed by atoms with Gasteiger partial charge < -0.3 is 4.74 Å². The van der Waals surface area contributed by atoms with E-state index in [-0.39, 0.29) is 17.8 Å². The summed E-state index contributed by atoms with van der Waals surface area (Å²) in [7, 11) is 0. The van der Waals surface area contributed by atoms with Crippen molar-refractivity contribution in [3.8, 4) is 0 Å². The van der Waals surface area contributed by atoms with Gasteiger partial charge in [-0.1, -0.05) is 46.7 Å². The van der Waals surface area contributed by atoms with Crippen molar-refractivity contribution in [2.45, 2.75) is 38.5 Å². The van der Waals surface area contributed by atoms with Gasteiger partial charge in [0.2, 0.25) is 5.91 Å². The zero-order chi connectivity index (χ0) is 18.1. The van der Waals surface area contributed by atoms with Gasteiger partial charge in [0, 0.05) is 4.47 Å². The molecule has 3 rings (SSSR count). The summed E-state index contributed by atoms with van der Waals surface area (Å²) in [5, 5.41) is 0.495. The van der Waals surface area contributed by atoms with Gasteiger partial charge in [0.1, 0.15) is 0 Å². The number of hydrogen-bond donors (Lipinski definition) is 0. The van der Waals surface area contributed by atoms with E-state index in [1.54, 1.807) is 18.7 Å².